The van der Waals surface area contributed by atoms with Crippen LogP contribution in [0.4, 0.5) is 5.69 Å². The largest absolute Gasteiger partial charge is 0.482 e. The molecule has 4 rings (SSSR count). The van der Waals surface area contributed by atoms with Crippen molar-refractivity contribution in [2.45, 2.75) is 6.04 Å². The van der Waals surface area contributed by atoms with E-state index in [-0.39, 0.29) is 24.3 Å². The second-order valence-corrected chi connectivity index (χ2v) is 8.50. The number of carbonyl (C=O) groups is 3. The topological polar surface area (TPSA) is 79.0 Å². The van der Waals surface area contributed by atoms with Crippen LogP contribution in [0.2, 0.25) is 0 Å². The van der Waals surface area contributed by atoms with E-state index in [0.717, 1.165) is 24.6 Å². The van der Waals surface area contributed by atoms with Gasteiger partial charge in [0.1, 0.15) is 11.8 Å². The lowest BCUT2D eigenvalue weighted by Crippen LogP contribution is -2.51. The molecule has 3 aliphatic heterocycles. The van der Waals surface area contributed by atoms with E-state index < -0.39 is 6.04 Å². The maximum atomic E-state index is 13.0. The number of nitrogens with one attached hydrogen (secondary N) is 1. The first-order valence-corrected chi connectivity index (χ1v) is 10.8. The maximum Gasteiger partial charge on any atom is 0.262 e. The lowest BCUT2D eigenvalue weighted by molar-refractivity contribution is -0.134. The van der Waals surface area contributed by atoms with Crippen molar-refractivity contribution >= 4 is 46.9 Å². The number of hydrogen-bond acceptors (Lipinski definition) is 6. The molecular formula is C17H19N3O4S2. The Morgan fingerprint density at radius 1 is 1.19 bits per heavy atom. The van der Waals surface area contributed by atoms with E-state index in [1.807, 2.05) is 16.7 Å². The van der Waals surface area contributed by atoms with E-state index >= 15 is 0 Å². The van der Waals surface area contributed by atoms with Gasteiger partial charge in [-0.25, -0.2) is 0 Å². The van der Waals surface area contributed by atoms with Crippen LogP contribution in [0.25, 0.3) is 0 Å². The van der Waals surface area contributed by atoms with Gasteiger partial charge in [-0.2, -0.15) is 11.8 Å². The Morgan fingerprint density at radius 3 is 2.81 bits per heavy atom. The summed E-state index contributed by atoms with van der Waals surface area (Å²) in [5, 5.41) is 2.71. The van der Waals surface area contributed by atoms with Crippen molar-refractivity contribution < 1.29 is 19.1 Å². The van der Waals surface area contributed by atoms with Gasteiger partial charge in [0.15, 0.2) is 6.61 Å². The SMILES string of the molecule is O=C1COc2cc(C(=O)N3CSCC3C(=O)N3CCSCC3)ccc2N1. The summed E-state index contributed by atoms with van der Waals surface area (Å²) in [6.45, 7) is 1.44. The van der Waals surface area contributed by atoms with E-state index in [1.165, 1.54) is 0 Å². The molecule has 3 heterocycles. The first-order chi connectivity index (χ1) is 12.6. The van der Waals surface area contributed by atoms with Crippen LogP contribution in [-0.4, -0.2) is 76.4 Å². The molecule has 2 saturated heterocycles. The van der Waals surface area contributed by atoms with Crippen molar-refractivity contribution in [3.8, 4) is 5.75 Å². The minimum absolute atomic E-state index is 0.0464. The van der Waals surface area contributed by atoms with Crippen LogP contribution in [0.1, 0.15) is 10.4 Å². The van der Waals surface area contributed by atoms with Crippen LogP contribution in [0, 0.1) is 0 Å². The summed E-state index contributed by atoms with van der Waals surface area (Å²) < 4.78 is 5.39. The highest BCUT2D eigenvalue weighted by Gasteiger charge is 2.38. The van der Waals surface area contributed by atoms with E-state index in [2.05, 4.69) is 5.32 Å². The summed E-state index contributed by atoms with van der Waals surface area (Å²) in [5.74, 6) is 3.18. The monoisotopic (exact) mass is 393 g/mol. The van der Waals surface area contributed by atoms with Crippen molar-refractivity contribution in [1.29, 1.82) is 0 Å². The van der Waals surface area contributed by atoms with Gasteiger partial charge in [0, 0.05) is 35.9 Å². The number of nitrogens with zero attached hydrogens (tertiary/aromatic N) is 2. The van der Waals surface area contributed by atoms with Gasteiger partial charge in [0.05, 0.1) is 11.6 Å². The number of thioether (sulfide) groups is 2. The number of ether oxygens (including phenoxy) is 1. The van der Waals surface area contributed by atoms with Gasteiger partial charge in [0.2, 0.25) is 5.91 Å². The van der Waals surface area contributed by atoms with Crippen LogP contribution in [0.15, 0.2) is 18.2 Å². The van der Waals surface area contributed by atoms with Crippen LogP contribution < -0.4 is 10.1 Å². The van der Waals surface area contributed by atoms with E-state index in [4.69, 9.17) is 4.74 Å². The molecule has 0 radical (unpaired) electrons. The van der Waals surface area contributed by atoms with Crippen LogP contribution in [-0.2, 0) is 9.59 Å². The molecule has 1 N–H and O–H groups in total. The van der Waals surface area contributed by atoms with Gasteiger partial charge in [0.25, 0.3) is 11.8 Å². The van der Waals surface area contributed by atoms with Crippen molar-refractivity contribution in [2.24, 2.45) is 0 Å². The molecule has 1 atom stereocenters. The number of carbonyl (C=O) groups excluding carboxylic acids is 3. The molecule has 3 amide bonds. The van der Waals surface area contributed by atoms with Crippen molar-refractivity contribution in [3.63, 3.8) is 0 Å². The Bertz CT molecular complexity index is 752. The first-order valence-electron chi connectivity index (χ1n) is 8.45. The minimum Gasteiger partial charge on any atom is -0.482 e. The lowest BCUT2D eigenvalue weighted by Gasteiger charge is -2.32. The maximum absolute atomic E-state index is 13.0. The zero-order chi connectivity index (χ0) is 18.1. The third-order valence-electron chi connectivity index (χ3n) is 4.61. The molecule has 2 fully saturated rings. The first kappa shape index (κ1) is 17.5. The van der Waals surface area contributed by atoms with E-state index in [0.29, 0.717) is 28.6 Å². The molecule has 1 aromatic carbocycles. The van der Waals surface area contributed by atoms with E-state index in [9.17, 15) is 14.4 Å². The molecular weight excluding hydrogens is 374 g/mol. The summed E-state index contributed by atoms with van der Waals surface area (Å²) in [5.41, 5.74) is 1.03. The molecule has 0 aromatic heterocycles. The van der Waals surface area contributed by atoms with Crippen LogP contribution in [0.3, 0.4) is 0 Å². The number of rotatable bonds is 2. The number of amides is 3. The highest BCUT2D eigenvalue weighted by molar-refractivity contribution is 7.99. The predicted molar refractivity (Wildman–Crippen MR) is 102 cm³/mol. The summed E-state index contributed by atoms with van der Waals surface area (Å²) in [6, 6.07) is 4.56. The Morgan fingerprint density at radius 2 is 2.00 bits per heavy atom. The van der Waals surface area contributed by atoms with Gasteiger partial charge in [-0.1, -0.05) is 0 Å². The summed E-state index contributed by atoms with van der Waals surface area (Å²) >= 11 is 3.45. The van der Waals surface area contributed by atoms with Crippen molar-refractivity contribution in [3.05, 3.63) is 23.8 Å². The number of benzene rings is 1. The van der Waals surface area contributed by atoms with Crippen molar-refractivity contribution in [2.75, 3.05) is 48.1 Å². The molecule has 1 aromatic rings. The fourth-order valence-corrected chi connectivity index (χ4v) is 5.26. The van der Waals surface area contributed by atoms with Gasteiger partial charge >= 0.3 is 0 Å². The smallest absolute Gasteiger partial charge is 0.262 e. The summed E-state index contributed by atoms with van der Waals surface area (Å²) in [6.07, 6.45) is 0. The predicted octanol–water partition coefficient (Wildman–Crippen LogP) is 1.11. The molecule has 7 nitrogen and oxygen atoms in total. The third-order valence-corrected chi connectivity index (χ3v) is 6.57. The highest BCUT2D eigenvalue weighted by atomic mass is 32.2. The molecule has 1 unspecified atom stereocenters. The summed E-state index contributed by atoms with van der Waals surface area (Å²) in [4.78, 5) is 40.7. The molecule has 0 aliphatic carbocycles. The van der Waals surface area contributed by atoms with E-state index in [1.54, 1.807) is 34.9 Å². The van der Waals surface area contributed by atoms with Crippen molar-refractivity contribution in [1.82, 2.24) is 9.80 Å². The minimum atomic E-state index is -0.410. The average Bonchev–Trinajstić information content (AvgIpc) is 3.17. The molecule has 0 saturated carbocycles. The Hall–Kier alpha value is -1.87. The molecule has 0 bridgehead atoms. The second kappa shape index (κ2) is 7.40. The lowest BCUT2D eigenvalue weighted by atomic mass is 10.1. The number of anilines is 1. The zero-order valence-corrected chi connectivity index (χ0v) is 15.7. The van der Waals surface area contributed by atoms with Gasteiger partial charge in [-0.3, -0.25) is 14.4 Å². The van der Waals surface area contributed by atoms with Gasteiger partial charge in [-0.15, -0.1) is 11.8 Å². The Balaban J connectivity index is 1.51. The average molecular weight is 393 g/mol. The molecule has 26 heavy (non-hydrogen) atoms. The Labute approximate surface area is 159 Å². The Kier molecular flexibility index (Phi) is 4.99. The van der Waals surface area contributed by atoms with Gasteiger partial charge < -0.3 is 19.9 Å². The number of hydrogen-bond donors (Lipinski definition) is 1. The summed E-state index contributed by atoms with van der Waals surface area (Å²) in [7, 11) is 0. The quantitative estimate of drug-likeness (QED) is 0.811. The second-order valence-electron chi connectivity index (χ2n) is 6.28. The number of fused-ring (bicyclic) bond motifs is 1. The molecule has 3 aliphatic rings. The zero-order valence-electron chi connectivity index (χ0n) is 14.1. The van der Waals surface area contributed by atoms with Crippen LogP contribution >= 0.6 is 23.5 Å². The standard InChI is InChI=1S/C17H19N3O4S2/c21-15-8-24-14-7-11(1-2-12(14)18-15)16(22)20-10-26-9-13(20)17(23)19-3-5-25-6-4-19/h1-2,7,13H,3-6,8-10H2,(H,18,21). The fourth-order valence-electron chi connectivity index (χ4n) is 3.22. The molecule has 0 spiro atoms. The van der Waals surface area contributed by atoms with Gasteiger partial charge in [-0.05, 0) is 18.2 Å². The highest BCUT2D eigenvalue weighted by Crippen LogP contribution is 2.31. The third kappa shape index (κ3) is 3.37. The fraction of sp³-hybridized carbons (Fsp3) is 0.471. The molecule has 9 heteroatoms. The molecule has 138 valence electrons. The van der Waals surface area contributed by atoms with Crippen LogP contribution in [0.5, 0.6) is 5.75 Å². The normalized spacial score (nSPS) is 22.5.